The third-order valence-electron chi connectivity index (χ3n) is 11.6. The lowest BCUT2D eigenvalue weighted by atomic mass is 9.56. The third-order valence-corrected chi connectivity index (χ3v) is 11.6. The largest absolute Gasteiger partial charge is 0.369 e. The van der Waals surface area contributed by atoms with Gasteiger partial charge >= 0.3 is 0 Å². The molecule has 0 aromatic rings. The lowest BCUT2D eigenvalue weighted by molar-refractivity contribution is -0.116. The maximum atomic E-state index is 12.2. The second-order valence-electron chi connectivity index (χ2n) is 13.3. The smallest absolute Gasteiger partial charge is 0.155 e. The van der Waals surface area contributed by atoms with Gasteiger partial charge in [0, 0.05) is 38.0 Å². The highest BCUT2D eigenvalue weighted by Gasteiger charge is 2.59. The van der Waals surface area contributed by atoms with Crippen LogP contribution in [0, 0.1) is 35.0 Å². The van der Waals surface area contributed by atoms with E-state index in [4.69, 9.17) is 10.5 Å². The molecule has 34 heavy (non-hydrogen) atoms. The predicted molar refractivity (Wildman–Crippen MR) is 136 cm³/mol. The summed E-state index contributed by atoms with van der Waals surface area (Å²) in [4.78, 5) is 14.8. The van der Waals surface area contributed by atoms with Crippen molar-refractivity contribution in [2.24, 2.45) is 40.7 Å². The number of carbonyl (C=O) groups is 1. The Labute approximate surface area is 206 Å². The number of piperidine rings is 1. The normalized spacial score (nSPS) is 48.8. The molecule has 2 N–H and O–H groups in total. The first kappa shape index (κ1) is 23.4. The number of ether oxygens (including phenoxy) is 1. The topological polar surface area (TPSA) is 55.6 Å². The van der Waals surface area contributed by atoms with E-state index in [1.54, 1.807) is 11.1 Å². The van der Waals surface area contributed by atoms with Crippen molar-refractivity contribution in [3.63, 3.8) is 0 Å². The summed E-state index contributed by atoms with van der Waals surface area (Å²) >= 11 is 0. The first-order chi connectivity index (χ1) is 16.3. The van der Waals surface area contributed by atoms with Crippen molar-refractivity contribution in [3.8, 4) is 0 Å². The SMILES string of the molecule is CC1=C2C[C@H]3C(CCC4=CC(=O)CC[C@@]43C)[C@@H]2CC[C@@]2(C1)O[C@@H]1C[C@H](C)CN(CCN)[C@H]1[C@H]2C. The van der Waals surface area contributed by atoms with Gasteiger partial charge in [0.05, 0.1) is 11.7 Å². The van der Waals surface area contributed by atoms with Crippen LogP contribution in [0.25, 0.3) is 0 Å². The van der Waals surface area contributed by atoms with E-state index in [0.29, 0.717) is 29.8 Å². The van der Waals surface area contributed by atoms with Gasteiger partial charge in [0.2, 0.25) is 0 Å². The molecule has 2 aliphatic heterocycles. The number of allylic oxidation sites excluding steroid dienone is 3. The summed E-state index contributed by atoms with van der Waals surface area (Å²) in [6.07, 6.45) is 12.7. The van der Waals surface area contributed by atoms with E-state index >= 15 is 0 Å². The molecule has 2 heterocycles. The van der Waals surface area contributed by atoms with Crippen molar-refractivity contribution in [1.29, 1.82) is 0 Å². The van der Waals surface area contributed by atoms with Gasteiger partial charge in [-0.3, -0.25) is 9.69 Å². The zero-order valence-corrected chi connectivity index (χ0v) is 21.9. The molecule has 2 saturated heterocycles. The Balaban J connectivity index is 1.29. The van der Waals surface area contributed by atoms with Gasteiger partial charge in [-0.15, -0.1) is 0 Å². The minimum absolute atomic E-state index is 0.00402. The average molecular weight is 467 g/mol. The van der Waals surface area contributed by atoms with E-state index in [1.807, 2.05) is 6.08 Å². The Hall–Kier alpha value is -0.970. The van der Waals surface area contributed by atoms with Crippen molar-refractivity contribution in [3.05, 3.63) is 22.8 Å². The van der Waals surface area contributed by atoms with Crippen LogP contribution in [0.2, 0.25) is 0 Å². The molecule has 6 rings (SSSR count). The van der Waals surface area contributed by atoms with Gasteiger partial charge < -0.3 is 10.5 Å². The number of ketones is 1. The molecular formula is C30H46N2O2. The molecule has 188 valence electrons. The molecule has 4 nitrogen and oxygen atoms in total. The van der Waals surface area contributed by atoms with Crippen LogP contribution in [-0.2, 0) is 9.53 Å². The van der Waals surface area contributed by atoms with Crippen LogP contribution >= 0.6 is 0 Å². The average Bonchev–Trinajstić information content (AvgIpc) is 3.25. The van der Waals surface area contributed by atoms with Gasteiger partial charge in [0.15, 0.2) is 5.78 Å². The van der Waals surface area contributed by atoms with Crippen LogP contribution in [0.15, 0.2) is 22.8 Å². The molecule has 4 aliphatic carbocycles. The van der Waals surface area contributed by atoms with Crippen molar-refractivity contribution < 1.29 is 9.53 Å². The van der Waals surface area contributed by atoms with Crippen LogP contribution in [0.4, 0.5) is 0 Å². The Bertz CT molecular complexity index is 923. The quantitative estimate of drug-likeness (QED) is 0.563. The zero-order chi connectivity index (χ0) is 23.8. The fourth-order valence-corrected chi connectivity index (χ4v) is 9.93. The highest BCUT2D eigenvalue weighted by Crippen LogP contribution is 2.64. The zero-order valence-electron chi connectivity index (χ0n) is 21.9. The lowest BCUT2D eigenvalue weighted by Gasteiger charge is -2.48. The fraction of sp³-hybridized carbons (Fsp3) is 0.833. The Morgan fingerprint density at radius 1 is 1.21 bits per heavy atom. The number of hydrogen-bond donors (Lipinski definition) is 1. The highest BCUT2D eigenvalue weighted by atomic mass is 16.5. The number of nitrogens with two attached hydrogens (primary N) is 1. The van der Waals surface area contributed by atoms with Crippen LogP contribution in [-0.4, -0.2) is 48.1 Å². The lowest BCUT2D eigenvalue weighted by Crippen LogP contribution is -2.53. The maximum Gasteiger partial charge on any atom is 0.155 e. The van der Waals surface area contributed by atoms with E-state index in [2.05, 4.69) is 32.6 Å². The molecule has 2 saturated carbocycles. The molecule has 0 aromatic carbocycles. The van der Waals surface area contributed by atoms with Gasteiger partial charge in [0.25, 0.3) is 0 Å². The molecule has 4 fully saturated rings. The summed E-state index contributed by atoms with van der Waals surface area (Å²) in [5, 5.41) is 0. The summed E-state index contributed by atoms with van der Waals surface area (Å²) in [7, 11) is 0. The molecular weight excluding hydrogens is 420 g/mol. The fourth-order valence-electron chi connectivity index (χ4n) is 9.93. The number of fused-ring (bicyclic) bond motifs is 6. The van der Waals surface area contributed by atoms with Crippen molar-refractivity contribution in [1.82, 2.24) is 4.90 Å². The van der Waals surface area contributed by atoms with E-state index in [9.17, 15) is 4.79 Å². The molecule has 1 spiro atoms. The number of nitrogens with zero attached hydrogens (tertiary/aromatic N) is 1. The molecule has 0 aromatic heterocycles. The van der Waals surface area contributed by atoms with Gasteiger partial charge in [0.1, 0.15) is 0 Å². The molecule has 0 amide bonds. The molecule has 0 bridgehead atoms. The van der Waals surface area contributed by atoms with Gasteiger partial charge in [-0.2, -0.15) is 0 Å². The van der Waals surface area contributed by atoms with Gasteiger partial charge in [-0.1, -0.05) is 37.5 Å². The second-order valence-corrected chi connectivity index (χ2v) is 13.3. The first-order valence-corrected chi connectivity index (χ1v) is 14.3. The summed E-state index contributed by atoms with van der Waals surface area (Å²) in [6.45, 7) is 12.7. The Kier molecular flexibility index (Phi) is 5.71. The summed E-state index contributed by atoms with van der Waals surface area (Å²) in [5.74, 6) is 3.87. The highest BCUT2D eigenvalue weighted by molar-refractivity contribution is 5.91. The van der Waals surface area contributed by atoms with Crippen LogP contribution in [0.5, 0.6) is 0 Å². The van der Waals surface area contributed by atoms with E-state index in [-0.39, 0.29) is 11.0 Å². The maximum absolute atomic E-state index is 12.2. The van der Waals surface area contributed by atoms with E-state index in [1.165, 1.54) is 44.2 Å². The summed E-state index contributed by atoms with van der Waals surface area (Å²) < 4.78 is 7.16. The minimum atomic E-state index is 0.00402. The summed E-state index contributed by atoms with van der Waals surface area (Å²) in [6, 6.07) is 0.532. The number of likely N-dealkylation sites (tertiary alicyclic amines) is 1. The summed E-state index contributed by atoms with van der Waals surface area (Å²) in [5.41, 5.74) is 11.2. The molecule has 6 aliphatic rings. The van der Waals surface area contributed by atoms with Crippen LogP contribution in [0.1, 0.15) is 85.5 Å². The van der Waals surface area contributed by atoms with Crippen molar-refractivity contribution in [2.45, 2.75) is 103 Å². The number of rotatable bonds is 2. The standard InChI is InChI=1S/C30H46N2O2/c1-18-13-27-28(32(17-18)12-11-31)20(3)30(34-27)10-8-23-24-6-5-21-14-22(33)7-9-29(21,4)26(24)15-25(23)19(2)16-30/h14,18,20,23-24,26-28H,5-13,15-17,31H2,1-4H3/t18-,20+,23-,24?,26-,27+,28-,29-,30-/m0/s1. The van der Waals surface area contributed by atoms with E-state index < -0.39 is 0 Å². The Morgan fingerprint density at radius 2 is 2.03 bits per heavy atom. The first-order valence-electron chi connectivity index (χ1n) is 14.3. The van der Waals surface area contributed by atoms with Crippen LogP contribution < -0.4 is 5.73 Å². The number of carbonyl (C=O) groups excluding carboxylic acids is 1. The number of hydrogen-bond acceptors (Lipinski definition) is 4. The third kappa shape index (κ3) is 3.38. The van der Waals surface area contributed by atoms with E-state index in [0.717, 1.165) is 56.5 Å². The second kappa shape index (κ2) is 8.28. The van der Waals surface area contributed by atoms with Gasteiger partial charge in [-0.25, -0.2) is 0 Å². The molecule has 0 radical (unpaired) electrons. The monoisotopic (exact) mass is 466 g/mol. The Morgan fingerprint density at radius 3 is 2.82 bits per heavy atom. The van der Waals surface area contributed by atoms with Crippen molar-refractivity contribution in [2.75, 3.05) is 19.6 Å². The minimum Gasteiger partial charge on any atom is -0.369 e. The van der Waals surface area contributed by atoms with Crippen LogP contribution in [0.3, 0.4) is 0 Å². The predicted octanol–water partition coefficient (Wildman–Crippen LogP) is 5.27. The molecule has 4 heteroatoms. The van der Waals surface area contributed by atoms with Crippen molar-refractivity contribution >= 4 is 5.78 Å². The molecule has 1 unspecified atom stereocenters. The molecule has 9 atom stereocenters. The van der Waals surface area contributed by atoms with Gasteiger partial charge in [-0.05, 0) is 93.5 Å².